The van der Waals surface area contributed by atoms with Gasteiger partial charge in [-0.2, -0.15) is 8.42 Å². The molecule has 0 amide bonds. The molecule has 0 saturated carbocycles. The average Bonchev–Trinajstić information content (AvgIpc) is 1.83. The monoisotopic (exact) mass is 196 g/mol. The van der Waals surface area contributed by atoms with Gasteiger partial charge in [-0.05, 0) is 26.2 Å². The predicted molar refractivity (Wildman–Crippen MR) is 43.1 cm³/mol. The molecule has 0 N–H and O–H groups in total. The maximum absolute atomic E-state index is 12.3. The molecule has 0 bridgehead atoms. The number of hydrogen-bond acceptors (Lipinski definition) is 3. The molecule has 1 rings (SSSR count). The van der Waals surface area contributed by atoms with Gasteiger partial charge in [-0.25, -0.2) is 0 Å². The SMILES string of the molecule is CC1(CS(=O)(=O)F)CCCCO1. The zero-order valence-corrected chi connectivity index (χ0v) is 7.86. The summed E-state index contributed by atoms with van der Waals surface area (Å²) in [5.41, 5.74) is -0.800. The molecule has 1 aliphatic heterocycles. The van der Waals surface area contributed by atoms with Crippen molar-refractivity contribution in [2.45, 2.75) is 31.8 Å². The second-order valence-electron chi connectivity index (χ2n) is 3.44. The number of rotatable bonds is 2. The Kier molecular flexibility index (Phi) is 2.73. The minimum atomic E-state index is -4.41. The molecule has 1 fully saturated rings. The van der Waals surface area contributed by atoms with Crippen molar-refractivity contribution in [3.63, 3.8) is 0 Å². The van der Waals surface area contributed by atoms with Gasteiger partial charge in [0.25, 0.3) is 0 Å². The summed E-state index contributed by atoms with van der Waals surface area (Å²) in [5.74, 6) is -0.514. The maximum Gasteiger partial charge on any atom is 0.305 e. The Morgan fingerprint density at radius 3 is 2.58 bits per heavy atom. The topological polar surface area (TPSA) is 43.4 Å². The first-order valence-electron chi connectivity index (χ1n) is 3.98. The summed E-state index contributed by atoms with van der Waals surface area (Å²) >= 11 is 0. The van der Waals surface area contributed by atoms with Crippen molar-refractivity contribution in [2.75, 3.05) is 12.4 Å². The molecular formula is C7H13FO3S. The molecule has 1 heterocycles. The molecule has 0 aromatic rings. The molecule has 0 aliphatic carbocycles. The molecule has 5 heteroatoms. The van der Waals surface area contributed by atoms with Crippen LogP contribution in [0.2, 0.25) is 0 Å². The Bertz CT molecular complexity index is 241. The van der Waals surface area contributed by atoms with Gasteiger partial charge in [0, 0.05) is 6.61 Å². The Balaban J connectivity index is 2.59. The second kappa shape index (κ2) is 3.30. The van der Waals surface area contributed by atoms with Crippen LogP contribution in [0.25, 0.3) is 0 Å². The van der Waals surface area contributed by atoms with Crippen LogP contribution in [0.4, 0.5) is 3.89 Å². The van der Waals surface area contributed by atoms with Gasteiger partial charge in [0.05, 0.1) is 5.60 Å². The van der Waals surface area contributed by atoms with Crippen LogP contribution < -0.4 is 0 Å². The summed E-state index contributed by atoms with van der Waals surface area (Å²) in [6.45, 7) is 2.18. The fourth-order valence-corrected chi connectivity index (χ4v) is 2.43. The Labute approximate surface area is 72.1 Å². The number of halogens is 1. The summed E-state index contributed by atoms with van der Waals surface area (Å²) in [6, 6.07) is 0. The Morgan fingerprint density at radius 2 is 2.17 bits per heavy atom. The number of ether oxygens (including phenoxy) is 1. The fraction of sp³-hybridized carbons (Fsp3) is 1.00. The van der Waals surface area contributed by atoms with E-state index in [-0.39, 0.29) is 0 Å². The van der Waals surface area contributed by atoms with Crippen molar-refractivity contribution in [1.82, 2.24) is 0 Å². The van der Waals surface area contributed by atoms with Crippen molar-refractivity contribution < 1.29 is 17.0 Å². The zero-order chi connectivity index (χ0) is 9.24. The van der Waals surface area contributed by atoms with E-state index in [4.69, 9.17) is 4.74 Å². The Hall–Kier alpha value is -0.160. The lowest BCUT2D eigenvalue weighted by Gasteiger charge is -2.32. The maximum atomic E-state index is 12.3. The third kappa shape index (κ3) is 3.06. The quantitative estimate of drug-likeness (QED) is 0.624. The molecule has 0 aromatic heterocycles. The van der Waals surface area contributed by atoms with Gasteiger partial charge in [-0.3, -0.25) is 0 Å². The molecule has 72 valence electrons. The van der Waals surface area contributed by atoms with Gasteiger partial charge in [-0.1, -0.05) is 0 Å². The van der Waals surface area contributed by atoms with E-state index >= 15 is 0 Å². The standard InChI is InChI=1S/C7H13FO3S/c1-7(6-12(8,9)10)4-2-3-5-11-7/h2-6H2,1H3. The average molecular weight is 196 g/mol. The van der Waals surface area contributed by atoms with E-state index < -0.39 is 21.6 Å². The predicted octanol–water partition coefficient (Wildman–Crippen LogP) is 1.24. The van der Waals surface area contributed by atoms with Crippen molar-refractivity contribution in [1.29, 1.82) is 0 Å². The van der Waals surface area contributed by atoms with Gasteiger partial charge in [-0.15, -0.1) is 3.89 Å². The van der Waals surface area contributed by atoms with Gasteiger partial charge < -0.3 is 4.74 Å². The number of hydrogen-bond donors (Lipinski definition) is 0. The fourth-order valence-electron chi connectivity index (χ4n) is 1.47. The van der Waals surface area contributed by atoms with Crippen LogP contribution in [0.15, 0.2) is 0 Å². The lowest BCUT2D eigenvalue weighted by Crippen LogP contribution is -2.38. The first kappa shape index (κ1) is 9.92. The van der Waals surface area contributed by atoms with Crippen LogP contribution >= 0.6 is 0 Å². The molecule has 12 heavy (non-hydrogen) atoms. The minimum Gasteiger partial charge on any atom is -0.374 e. The van der Waals surface area contributed by atoms with Gasteiger partial charge in [0.2, 0.25) is 0 Å². The van der Waals surface area contributed by atoms with E-state index in [9.17, 15) is 12.3 Å². The summed E-state index contributed by atoms with van der Waals surface area (Å²) in [7, 11) is -4.41. The van der Waals surface area contributed by atoms with Crippen LogP contribution in [-0.2, 0) is 15.0 Å². The van der Waals surface area contributed by atoms with Gasteiger partial charge in [0.15, 0.2) is 0 Å². The van der Waals surface area contributed by atoms with Crippen molar-refractivity contribution in [3.8, 4) is 0 Å². The van der Waals surface area contributed by atoms with E-state index in [1.807, 2.05) is 0 Å². The lowest BCUT2D eigenvalue weighted by atomic mass is 9.98. The highest BCUT2D eigenvalue weighted by atomic mass is 32.3. The van der Waals surface area contributed by atoms with Crippen LogP contribution in [0.5, 0.6) is 0 Å². The summed E-state index contributed by atoms with van der Waals surface area (Å²) < 4.78 is 38.2. The highest BCUT2D eigenvalue weighted by Gasteiger charge is 2.33. The van der Waals surface area contributed by atoms with Gasteiger partial charge in [0.1, 0.15) is 5.75 Å². The van der Waals surface area contributed by atoms with Crippen LogP contribution in [0, 0.1) is 0 Å². The molecule has 0 spiro atoms. The summed E-state index contributed by atoms with van der Waals surface area (Å²) in [5, 5.41) is 0. The van der Waals surface area contributed by atoms with E-state index in [2.05, 4.69) is 0 Å². The van der Waals surface area contributed by atoms with Crippen molar-refractivity contribution in [3.05, 3.63) is 0 Å². The third-order valence-corrected chi connectivity index (χ3v) is 2.98. The van der Waals surface area contributed by atoms with Crippen molar-refractivity contribution in [2.24, 2.45) is 0 Å². The van der Waals surface area contributed by atoms with E-state index in [0.29, 0.717) is 13.0 Å². The van der Waals surface area contributed by atoms with E-state index in [1.165, 1.54) is 0 Å². The van der Waals surface area contributed by atoms with Gasteiger partial charge >= 0.3 is 10.2 Å². The summed E-state index contributed by atoms with van der Waals surface area (Å²) in [4.78, 5) is 0. The van der Waals surface area contributed by atoms with Crippen LogP contribution in [0.3, 0.4) is 0 Å². The molecule has 1 saturated heterocycles. The molecule has 0 radical (unpaired) electrons. The first-order valence-corrected chi connectivity index (χ1v) is 5.53. The molecule has 1 aliphatic rings. The highest BCUT2D eigenvalue weighted by Crippen LogP contribution is 2.26. The highest BCUT2D eigenvalue weighted by molar-refractivity contribution is 7.86. The smallest absolute Gasteiger partial charge is 0.305 e. The van der Waals surface area contributed by atoms with E-state index in [0.717, 1.165) is 12.8 Å². The minimum absolute atomic E-state index is 0.514. The lowest BCUT2D eigenvalue weighted by molar-refractivity contribution is -0.0490. The third-order valence-electron chi connectivity index (χ3n) is 2.03. The normalized spacial score (nSPS) is 31.8. The van der Waals surface area contributed by atoms with Crippen LogP contribution in [0.1, 0.15) is 26.2 Å². The largest absolute Gasteiger partial charge is 0.374 e. The van der Waals surface area contributed by atoms with Crippen LogP contribution in [-0.4, -0.2) is 26.4 Å². The first-order chi connectivity index (χ1) is 5.41. The van der Waals surface area contributed by atoms with E-state index in [1.54, 1.807) is 6.92 Å². The zero-order valence-electron chi connectivity index (χ0n) is 7.05. The molecule has 0 aromatic carbocycles. The molecule has 1 atom stereocenters. The Morgan fingerprint density at radius 1 is 1.50 bits per heavy atom. The second-order valence-corrected chi connectivity index (χ2v) is 4.81. The summed E-state index contributed by atoms with van der Waals surface area (Å²) in [6.07, 6.45) is 2.46. The molecule has 1 unspecified atom stereocenters. The molecular weight excluding hydrogens is 183 g/mol. The molecule has 3 nitrogen and oxygen atoms in total. The van der Waals surface area contributed by atoms with Crippen molar-refractivity contribution >= 4 is 10.2 Å².